The van der Waals surface area contributed by atoms with Gasteiger partial charge in [0.15, 0.2) is 0 Å². The Balaban J connectivity index is 2.86. The molecule has 0 spiro atoms. The van der Waals surface area contributed by atoms with E-state index in [0.29, 0.717) is 0 Å². The third kappa shape index (κ3) is 3.25. The van der Waals surface area contributed by atoms with E-state index in [2.05, 4.69) is 22.9 Å². The van der Waals surface area contributed by atoms with Gasteiger partial charge in [-0.1, -0.05) is 41.4 Å². The van der Waals surface area contributed by atoms with Gasteiger partial charge < -0.3 is 4.57 Å². The van der Waals surface area contributed by atoms with Crippen molar-refractivity contribution in [2.24, 2.45) is 0 Å². The summed E-state index contributed by atoms with van der Waals surface area (Å²) in [5.41, 5.74) is 0. The largest absolute Gasteiger partial charge is 0.319 e. The predicted octanol–water partition coefficient (Wildman–Crippen LogP) is 3.87. The number of hydrogen-bond donors (Lipinski definition) is 0. The topological polar surface area (TPSA) is 17.1 Å². The highest BCUT2D eigenvalue weighted by Gasteiger charge is 2.17. The van der Waals surface area contributed by atoms with Crippen molar-refractivity contribution < 1.29 is 4.57 Å². The Morgan fingerprint density at radius 1 is 1.43 bits per heavy atom. The van der Waals surface area contributed by atoms with Crippen molar-refractivity contribution in [2.45, 2.75) is 19.8 Å². The molecule has 1 unspecified atom stereocenters. The first kappa shape index (κ1) is 12.0. The number of unbranched alkanes of at least 4 members (excludes halogenated alkanes) is 1. The van der Waals surface area contributed by atoms with Crippen LogP contribution in [0.3, 0.4) is 0 Å². The molecule has 1 nitrogen and oxygen atoms in total. The molecule has 1 atom stereocenters. The third-order valence-electron chi connectivity index (χ3n) is 2.29. The maximum absolute atomic E-state index is 12.3. The van der Waals surface area contributed by atoms with E-state index >= 15 is 0 Å². The van der Waals surface area contributed by atoms with Crippen molar-refractivity contribution in [3.05, 3.63) is 28.7 Å². The molecule has 1 aromatic rings. The normalized spacial score (nSPS) is 15.1. The molecule has 0 aromatic heterocycles. The molecule has 0 aliphatic heterocycles. The van der Waals surface area contributed by atoms with Crippen LogP contribution in [-0.4, -0.2) is 12.8 Å². The zero-order chi connectivity index (χ0) is 10.6. The summed E-state index contributed by atoms with van der Waals surface area (Å²) in [7, 11) is -2.12. The van der Waals surface area contributed by atoms with Crippen LogP contribution in [-0.2, 0) is 4.57 Å². The summed E-state index contributed by atoms with van der Waals surface area (Å²) >= 11 is 3.40. The van der Waals surface area contributed by atoms with Gasteiger partial charge in [-0.25, -0.2) is 0 Å². The number of hydrogen-bond acceptors (Lipinski definition) is 1. The van der Waals surface area contributed by atoms with E-state index in [1.54, 1.807) is 0 Å². The first-order chi connectivity index (χ1) is 6.56. The minimum atomic E-state index is -2.12. The van der Waals surface area contributed by atoms with Crippen molar-refractivity contribution >= 4 is 28.4 Å². The maximum Gasteiger partial charge on any atom is 0.112 e. The van der Waals surface area contributed by atoms with Gasteiger partial charge in [0.2, 0.25) is 0 Å². The average molecular weight is 275 g/mol. The smallest absolute Gasteiger partial charge is 0.112 e. The summed E-state index contributed by atoms with van der Waals surface area (Å²) in [6.07, 6.45) is 2.96. The second-order valence-electron chi connectivity index (χ2n) is 3.66. The molecular weight excluding hydrogens is 259 g/mol. The summed E-state index contributed by atoms with van der Waals surface area (Å²) in [6.45, 7) is 4.01. The van der Waals surface area contributed by atoms with Gasteiger partial charge in [-0.05, 0) is 25.2 Å². The molecule has 0 saturated heterocycles. The Hall–Kier alpha value is -0.0700. The highest BCUT2D eigenvalue weighted by Crippen LogP contribution is 2.41. The molecule has 1 rings (SSSR count). The zero-order valence-electron chi connectivity index (χ0n) is 8.66. The first-order valence-corrected chi connectivity index (χ1v) is 8.02. The Bertz CT molecular complexity index is 349. The minimum Gasteiger partial charge on any atom is -0.319 e. The lowest BCUT2D eigenvalue weighted by Gasteiger charge is -2.12. The van der Waals surface area contributed by atoms with Gasteiger partial charge in [0, 0.05) is 15.9 Å². The lowest BCUT2D eigenvalue weighted by atomic mass is 10.4. The molecule has 0 bridgehead atoms. The molecule has 0 aliphatic carbocycles. The van der Waals surface area contributed by atoms with Crippen molar-refractivity contribution in [1.82, 2.24) is 0 Å². The summed E-state index contributed by atoms with van der Waals surface area (Å²) < 4.78 is 13.3. The summed E-state index contributed by atoms with van der Waals surface area (Å²) in [5.74, 6) is 0. The second kappa shape index (κ2) is 5.14. The highest BCUT2D eigenvalue weighted by molar-refractivity contribution is 9.10. The number of rotatable bonds is 4. The molecule has 0 radical (unpaired) electrons. The lowest BCUT2D eigenvalue weighted by Crippen LogP contribution is -2.06. The summed E-state index contributed by atoms with van der Waals surface area (Å²) in [4.78, 5) is 0. The van der Waals surface area contributed by atoms with Crippen LogP contribution in [0.2, 0.25) is 0 Å². The molecule has 0 fully saturated rings. The molecular formula is C11H16BrOP. The first-order valence-electron chi connectivity index (χ1n) is 4.89. The number of halogens is 1. The number of benzene rings is 1. The molecule has 14 heavy (non-hydrogen) atoms. The van der Waals surface area contributed by atoms with E-state index in [4.69, 9.17) is 0 Å². The van der Waals surface area contributed by atoms with Crippen LogP contribution in [0.25, 0.3) is 0 Å². The maximum atomic E-state index is 12.3. The van der Waals surface area contributed by atoms with Gasteiger partial charge in [-0.2, -0.15) is 0 Å². The van der Waals surface area contributed by atoms with Gasteiger partial charge in [0.05, 0.1) is 0 Å². The van der Waals surface area contributed by atoms with Crippen LogP contribution in [0.15, 0.2) is 28.7 Å². The molecule has 0 heterocycles. The van der Waals surface area contributed by atoms with Crippen LogP contribution in [0, 0.1) is 0 Å². The van der Waals surface area contributed by atoms with Gasteiger partial charge in [-0.15, -0.1) is 0 Å². The fourth-order valence-electron chi connectivity index (χ4n) is 1.36. The van der Waals surface area contributed by atoms with Crippen LogP contribution in [0.1, 0.15) is 19.8 Å². The van der Waals surface area contributed by atoms with E-state index in [0.717, 1.165) is 28.8 Å². The van der Waals surface area contributed by atoms with E-state index in [-0.39, 0.29) is 0 Å². The predicted molar refractivity (Wildman–Crippen MR) is 67.1 cm³/mol. The van der Waals surface area contributed by atoms with Crippen molar-refractivity contribution in [1.29, 1.82) is 0 Å². The third-order valence-corrected chi connectivity index (χ3v) is 5.33. The molecule has 1 aromatic carbocycles. The van der Waals surface area contributed by atoms with E-state index < -0.39 is 7.14 Å². The van der Waals surface area contributed by atoms with Crippen LogP contribution in [0.4, 0.5) is 0 Å². The monoisotopic (exact) mass is 274 g/mol. The molecule has 0 aliphatic rings. The van der Waals surface area contributed by atoms with E-state index in [1.807, 2.05) is 30.9 Å². The van der Waals surface area contributed by atoms with Gasteiger partial charge in [-0.3, -0.25) is 0 Å². The van der Waals surface area contributed by atoms with Crippen LogP contribution >= 0.6 is 23.1 Å². The van der Waals surface area contributed by atoms with E-state index in [1.165, 1.54) is 0 Å². The van der Waals surface area contributed by atoms with Crippen molar-refractivity contribution in [2.75, 3.05) is 12.8 Å². The fourth-order valence-corrected chi connectivity index (χ4v) is 3.93. The molecule has 0 N–H and O–H groups in total. The van der Waals surface area contributed by atoms with Gasteiger partial charge in [0.1, 0.15) is 7.14 Å². The van der Waals surface area contributed by atoms with Crippen LogP contribution < -0.4 is 5.30 Å². The fraction of sp³-hybridized carbons (Fsp3) is 0.455. The quantitative estimate of drug-likeness (QED) is 0.762. The van der Waals surface area contributed by atoms with Crippen molar-refractivity contribution in [3.8, 4) is 0 Å². The molecule has 0 saturated carbocycles. The summed E-state index contributed by atoms with van der Waals surface area (Å²) in [5, 5.41) is 0.986. The SMILES string of the molecule is CCCCP(C)(=O)c1cccc(Br)c1. The molecule has 3 heteroatoms. The molecule has 0 amide bonds. The Morgan fingerprint density at radius 2 is 2.14 bits per heavy atom. The second-order valence-corrected chi connectivity index (χ2v) is 7.74. The standard InChI is InChI=1S/C11H16BrOP/c1-3-4-8-14(2,13)11-7-5-6-10(12)9-11/h5-7,9H,3-4,8H2,1-2H3. The lowest BCUT2D eigenvalue weighted by molar-refractivity contribution is 0.582. The van der Waals surface area contributed by atoms with Crippen LogP contribution in [0.5, 0.6) is 0 Å². The van der Waals surface area contributed by atoms with Gasteiger partial charge in [0.25, 0.3) is 0 Å². The Morgan fingerprint density at radius 3 is 2.71 bits per heavy atom. The Labute approximate surface area is 94.4 Å². The van der Waals surface area contributed by atoms with Gasteiger partial charge >= 0.3 is 0 Å². The average Bonchev–Trinajstić information content (AvgIpc) is 2.15. The highest BCUT2D eigenvalue weighted by atomic mass is 79.9. The zero-order valence-corrected chi connectivity index (χ0v) is 11.1. The van der Waals surface area contributed by atoms with E-state index in [9.17, 15) is 4.57 Å². The Kier molecular flexibility index (Phi) is 4.40. The minimum absolute atomic E-state index is 0.819. The summed E-state index contributed by atoms with van der Waals surface area (Å²) in [6, 6.07) is 7.84. The van der Waals surface area contributed by atoms with Crippen molar-refractivity contribution in [3.63, 3.8) is 0 Å². The molecule has 78 valence electrons.